The van der Waals surface area contributed by atoms with Gasteiger partial charge in [0.25, 0.3) is 0 Å². The summed E-state index contributed by atoms with van der Waals surface area (Å²) in [5, 5.41) is 11.6. The Morgan fingerprint density at radius 2 is 2.11 bits per heavy atom. The molecule has 1 heterocycles. The molecular formula is C13H14BrN3O. The molecule has 0 atom stereocenters. The van der Waals surface area contributed by atoms with Crippen LogP contribution in [0.5, 0.6) is 0 Å². The third kappa shape index (κ3) is 2.47. The lowest BCUT2D eigenvalue weighted by molar-refractivity contribution is 0.442. The van der Waals surface area contributed by atoms with Crippen molar-refractivity contribution < 1.29 is 4.42 Å². The molecule has 5 heteroatoms. The minimum Gasteiger partial charge on any atom is -0.419 e. The van der Waals surface area contributed by atoms with Crippen LogP contribution in [0.4, 0.5) is 0 Å². The van der Waals surface area contributed by atoms with Gasteiger partial charge in [-0.05, 0) is 47.8 Å². The van der Waals surface area contributed by atoms with Gasteiger partial charge in [-0.3, -0.25) is 0 Å². The molecule has 1 aromatic carbocycles. The predicted octanol–water partition coefficient (Wildman–Crippen LogP) is 3.14. The van der Waals surface area contributed by atoms with E-state index in [-0.39, 0.29) is 5.54 Å². The fourth-order valence-corrected chi connectivity index (χ4v) is 2.18. The zero-order valence-corrected chi connectivity index (χ0v) is 11.7. The summed E-state index contributed by atoms with van der Waals surface area (Å²) in [6.07, 6.45) is 2.44. The normalized spacial score (nSPS) is 16.8. The Bertz CT molecular complexity index is 563. The molecule has 0 spiro atoms. The lowest BCUT2D eigenvalue weighted by atomic mass is 10.2. The van der Waals surface area contributed by atoms with Crippen molar-refractivity contribution in [3.8, 4) is 11.5 Å². The smallest absolute Gasteiger partial charge is 0.248 e. The first-order chi connectivity index (χ1) is 8.66. The van der Waals surface area contributed by atoms with E-state index in [1.807, 2.05) is 24.3 Å². The highest BCUT2D eigenvalue weighted by molar-refractivity contribution is 9.10. The molecule has 0 aliphatic heterocycles. The van der Waals surface area contributed by atoms with Crippen molar-refractivity contribution in [2.24, 2.45) is 0 Å². The van der Waals surface area contributed by atoms with E-state index >= 15 is 0 Å². The van der Waals surface area contributed by atoms with Crippen LogP contribution < -0.4 is 5.32 Å². The molecular weight excluding hydrogens is 294 g/mol. The summed E-state index contributed by atoms with van der Waals surface area (Å²) >= 11 is 3.48. The molecule has 0 amide bonds. The van der Waals surface area contributed by atoms with Crippen molar-refractivity contribution in [3.05, 3.63) is 34.6 Å². The van der Waals surface area contributed by atoms with Gasteiger partial charge in [0.2, 0.25) is 11.8 Å². The third-order valence-corrected chi connectivity index (χ3v) is 3.93. The summed E-state index contributed by atoms with van der Waals surface area (Å²) < 4.78 is 6.62. The molecule has 1 aliphatic rings. The number of hydrogen-bond acceptors (Lipinski definition) is 4. The van der Waals surface area contributed by atoms with Gasteiger partial charge in [0.1, 0.15) is 0 Å². The molecule has 1 saturated carbocycles. The van der Waals surface area contributed by atoms with E-state index in [4.69, 9.17) is 4.42 Å². The highest BCUT2D eigenvalue weighted by Crippen LogP contribution is 2.34. The quantitative estimate of drug-likeness (QED) is 0.943. The SMILES string of the molecule is CC1(NCc2nnc(-c3ccccc3Br)o2)CC1. The first kappa shape index (κ1) is 11.9. The van der Waals surface area contributed by atoms with E-state index in [9.17, 15) is 0 Å². The topological polar surface area (TPSA) is 51.0 Å². The Labute approximate surface area is 114 Å². The van der Waals surface area contributed by atoms with Gasteiger partial charge in [0.15, 0.2) is 0 Å². The molecule has 0 bridgehead atoms. The van der Waals surface area contributed by atoms with Gasteiger partial charge in [-0.2, -0.15) is 0 Å². The summed E-state index contributed by atoms with van der Waals surface area (Å²) in [4.78, 5) is 0. The number of hydrogen-bond donors (Lipinski definition) is 1. The molecule has 0 saturated heterocycles. The van der Waals surface area contributed by atoms with Crippen LogP contribution >= 0.6 is 15.9 Å². The number of benzene rings is 1. The molecule has 0 unspecified atom stereocenters. The summed E-state index contributed by atoms with van der Waals surface area (Å²) in [5.41, 5.74) is 1.20. The first-order valence-electron chi connectivity index (χ1n) is 5.99. The largest absolute Gasteiger partial charge is 0.419 e. The van der Waals surface area contributed by atoms with Crippen LogP contribution in [0.1, 0.15) is 25.7 Å². The number of aromatic nitrogens is 2. The number of nitrogens with zero attached hydrogens (tertiary/aromatic N) is 2. The van der Waals surface area contributed by atoms with Crippen LogP contribution in [0.3, 0.4) is 0 Å². The van der Waals surface area contributed by atoms with E-state index in [1.54, 1.807) is 0 Å². The van der Waals surface area contributed by atoms with E-state index < -0.39 is 0 Å². The third-order valence-electron chi connectivity index (χ3n) is 3.24. The van der Waals surface area contributed by atoms with Gasteiger partial charge in [-0.25, -0.2) is 0 Å². The molecule has 4 nitrogen and oxygen atoms in total. The zero-order valence-electron chi connectivity index (χ0n) is 10.1. The monoisotopic (exact) mass is 307 g/mol. The van der Waals surface area contributed by atoms with Crippen molar-refractivity contribution in [1.29, 1.82) is 0 Å². The number of halogens is 1. The van der Waals surface area contributed by atoms with E-state index in [2.05, 4.69) is 38.4 Å². The Kier molecular flexibility index (Phi) is 2.95. The molecule has 3 rings (SSSR count). The Morgan fingerprint density at radius 1 is 1.33 bits per heavy atom. The fraction of sp³-hybridized carbons (Fsp3) is 0.385. The molecule has 2 aromatic rings. The lowest BCUT2D eigenvalue weighted by Gasteiger charge is -2.07. The maximum atomic E-state index is 5.66. The minimum absolute atomic E-state index is 0.280. The van der Waals surface area contributed by atoms with Crippen LogP contribution in [0.2, 0.25) is 0 Å². The Balaban J connectivity index is 1.75. The second kappa shape index (κ2) is 4.48. The van der Waals surface area contributed by atoms with Gasteiger partial charge in [-0.1, -0.05) is 12.1 Å². The standard InChI is InChI=1S/C13H14BrN3O/c1-13(6-7-13)15-8-11-16-17-12(18-11)9-4-2-3-5-10(9)14/h2-5,15H,6-8H2,1H3. The van der Waals surface area contributed by atoms with Crippen LogP contribution in [-0.4, -0.2) is 15.7 Å². The minimum atomic E-state index is 0.280. The maximum Gasteiger partial charge on any atom is 0.248 e. The highest BCUT2D eigenvalue weighted by atomic mass is 79.9. The van der Waals surface area contributed by atoms with Crippen LogP contribution in [0.15, 0.2) is 33.2 Å². The predicted molar refractivity (Wildman–Crippen MR) is 71.9 cm³/mol. The molecule has 1 aromatic heterocycles. The van der Waals surface area contributed by atoms with Crippen molar-refractivity contribution >= 4 is 15.9 Å². The summed E-state index contributed by atoms with van der Waals surface area (Å²) in [5.74, 6) is 1.19. The number of nitrogens with one attached hydrogen (secondary N) is 1. The van der Waals surface area contributed by atoms with Gasteiger partial charge >= 0.3 is 0 Å². The first-order valence-corrected chi connectivity index (χ1v) is 6.78. The molecule has 1 N–H and O–H groups in total. The van der Waals surface area contributed by atoms with Crippen molar-refractivity contribution in [3.63, 3.8) is 0 Å². The van der Waals surface area contributed by atoms with Gasteiger partial charge in [0, 0.05) is 10.0 Å². The average Bonchev–Trinajstić information content (AvgIpc) is 2.92. The van der Waals surface area contributed by atoms with Crippen molar-refractivity contribution in [1.82, 2.24) is 15.5 Å². The summed E-state index contributed by atoms with van der Waals surface area (Å²) in [6.45, 7) is 2.84. The molecule has 0 radical (unpaired) electrons. The van der Waals surface area contributed by atoms with Crippen molar-refractivity contribution in [2.75, 3.05) is 0 Å². The van der Waals surface area contributed by atoms with Gasteiger partial charge in [-0.15, -0.1) is 10.2 Å². The van der Waals surface area contributed by atoms with Crippen LogP contribution in [0.25, 0.3) is 11.5 Å². The van der Waals surface area contributed by atoms with Crippen molar-refractivity contribution in [2.45, 2.75) is 31.8 Å². The zero-order chi connectivity index (χ0) is 12.6. The average molecular weight is 308 g/mol. The fourth-order valence-electron chi connectivity index (χ4n) is 1.72. The second-order valence-corrected chi connectivity index (χ2v) is 5.75. The Hall–Kier alpha value is -1.20. The molecule has 94 valence electrons. The molecule has 18 heavy (non-hydrogen) atoms. The van der Waals surface area contributed by atoms with E-state index in [0.717, 1.165) is 10.0 Å². The van der Waals surface area contributed by atoms with Gasteiger partial charge < -0.3 is 9.73 Å². The van der Waals surface area contributed by atoms with E-state index in [1.165, 1.54) is 12.8 Å². The maximum absolute atomic E-state index is 5.66. The Morgan fingerprint density at radius 3 is 2.83 bits per heavy atom. The molecule has 1 aliphatic carbocycles. The van der Waals surface area contributed by atoms with Crippen LogP contribution in [0, 0.1) is 0 Å². The second-order valence-electron chi connectivity index (χ2n) is 4.90. The highest BCUT2D eigenvalue weighted by Gasteiger charge is 2.36. The summed E-state index contributed by atoms with van der Waals surface area (Å²) in [7, 11) is 0. The summed E-state index contributed by atoms with van der Waals surface area (Å²) in [6, 6.07) is 7.83. The lowest BCUT2D eigenvalue weighted by Crippen LogP contribution is -2.27. The molecule has 1 fully saturated rings. The number of rotatable bonds is 4. The van der Waals surface area contributed by atoms with Crippen LogP contribution in [-0.2, 0) is 6.54 Å². The van der Waals surface area contributed by atoms with E-state index in [0.29, 0.717) is 18.3 Å². The van der Waals surface area contributed by atoms with Gasteiger partial charge in [0.05, 0.1) is 12.1 Å².